The summed E-state index contributed by atoms with van der Waals surface area (Å²) in [5.41, 5.74) is 14.9. The van der Waals surface area contributed by atoms with E-state index in [1.807, 2.05) is 0 Å². The minimum Gasteiger partial charge on any atom is -0.309 e. The molecule has 6 heteroatoms. The first-order valence-corrected chi connectivity index (χ1v) is 23.4. The lowest BCUT2D eigenvalue weighted by molar-refractivity contribution is 0.952. The molecule has 0 aliphatic heterocycles. The molecule has 0 saturated heterocycles. The molecule has 322 valence electrons. The zero-order chi connectivity index (χ0) is 45.4. The molecule has 0 N–H and O–H groups in total. The Hall–Kier alpha value is -9.39. The summed E-state index contributed by atoms with van der Waals surface area (Å²) in [6.45, 7) is 0. The molecule has 0 fully saturated rings. The maximum atomic E-state index is 5.53. The van der Waals surface area contributed by atoms with Crippen LogP contribution in [0.1, 0.15) is 0 Å². The van der Waals surface area contributed by atoms with Crippen molar-refractivity contribution in [2.75, 3.05) is 0 Å². The predicted molar refractivity (Wildman–Crippen MR) is 285 cm³/mol. The SMILES string of the molecule is c1ccc(-c2ccc3c4ccccc4n(-c4nc(-c5ccc6c7ccccc7n(-c7ccccc7-c7ccccc7)c6c5)nc(-c5ccccc5-n5c6ccccc6c6ccccc65)n4)c3c2)cc1. The number of aromatic nitrogens is 6. The lowest BCUT2D eigenvalue weighted by Gasteiger charge is -2.16. The van der Waals surface area contributed by atoms with Crippen LogP contribution >= 0.6 is 0 Å². The van der Waals surface area contributed by atoms with E-state index in [1.165, 1.54) is 16.2 Å². The molecule has 0 spiro atoms. The van der Waals surface area contributed by atoms with Gasteiger partial charge in [-0.2, -0.15) is 9.97 Å². The maximum absolute atomic E-state index is 5.53. The van der Waals surface area contributed by atoms with Gasteiger partial charge in [0, 0.05) is 49.0 Å². The van der Waals surface area contributed by atoms with Crippen LogP contribution in [0.3, 0.4) is 0 Å². The van der Waals surface area contributed by atoms with Crippen molar-refractivity contribution >= 4 is 65.4 Å². The summed E-state index contributed by atoms with van der Waals surface area (Å²) in [5, 5.41) is 6.97. The highest BCUT2D eigenvalue weighted by Gasteiger charge is 2.23. The van der Waals surface area contributed by atoms with Gasteiger partial charge in [0.15, 0.2) is 11.6 Å². The summed E-state index contributed by atoms with van der Waals surface area (Å²) in [7, 11) is 0. The van der Waals surface area contributed by atoms with Crippen molar-refractivity contribution in [2.24, 2.45) is 0 Å². The van der Waals surface area contributed by atoms with Crippen LogP contribution in [0.25, 0.3) is 128 Å². The summed E-state index contributed by atoms with van der Waals surface area (Å²) >= 11 is 0. The smallest absolute Gasteiger partial charge is 0.238 e. The number of rotatable bonds is 7. The fraction of sp³-hybridized carbons (Fsp3) is 0. The zero-order valence-corrected chi connectivity index (χ0v) is 37.3. The van der Waals surface area contributed by atoms with E-state index in [0.29, 0.717) is 17.6 Å². The second-order valence-electron chi connectivity index (χ2n) is 17.6. The Morgan fingerprint density at radius 1 is 0.232 bits per heavy atom. The third kappa shape index (κ3) is 6.16. The largest absolute Gasteiger partial charge is 0.309 e. The molecule has 0 bridgehead atoms. The number of hydrogen-bond donors (Lipinski definition) is 0. The molecule has 0 atom stereocenters. The molecule has 4 aromatic heterocycles. The molecule has 4 heterocycles. The Morgan fingerprint density at radius 3 is 1.22 bits per heavy atom. The number of para-hydroxylation sites is 6. The first kappa shape index (κ1) is 38.8. The van der Waals surface area contributed by atoms with Gasteiger partial charge < -0.3 is 9.13 Å². The molecule has 6 nitrogen and oxygen atoms in total. The van der Waals surface area contributed by atoms with Gasteiger partial charge in [-0.1, -0.05) is 188 Å². The van der Waals surface area contributed by atoms with Gasteiger partial charge in [-0.3, -0.25) is 4.57 Å². The van der Waals surface area contributed by atoms with E-state index in [2.05, 4.69) is 256 Å². The first-order valence-electron chi connectivity index (χ1n) is 23.4. The number of hydrogen-bond acceptors (Lipinski definition) is 3. The van der Waals surface area contributed by atoms with Crippen molar-refractivity contribution in [3.8, 4) is 62.4 Å². The third-order valence-corrected chi connectivity index (χ3v) is 13.7. The summed E-state index contributed by atoms with van der Waals surface area (Å²) in [6, 6.07) is 86.2. The molecule has 0 amide bonds. The lowest BCUT2D eigenvalue weighted by atomic mass is 10.0. The Labute approximate surface area is 397 Å². The van der Waals surface area contributed by atoms with Gasteiger partial charge in [0.05, 0.1) is 44.5 Å². The van der Waals surface area contributed by atoms with Gasteiger partial charge in [0.2, 0.25) is 5.95 Å². The maximum Gasteiger partial charge on any atom is 0.238 e. The molecule has 0 saturated carbocycles. The molecule has 0 aliphatic carbocycles. The quantitative estimate of drug-likeness (QED) is 0.160. The normalized spacial score (nSPS) is 11.8. The van der Waals surface area contributed by atoms with Crippen molar-refractivity contribution in [2.45, 2.75) is 0 Å². The topological polar surface area (TPSA) is 53.5 Å². The summed E-state index contributed by atoms with van der Waals surface area (Å²) in [4.78, 5) is 16.6. The Balaban J connectivity index is 1.06. The average Bonchev–Trinajstić information content (AvgIpc) is 4.06. The molecule has 10 aromatic carbocycles. The molecular formula is C63H40N6. The van der Waals surface area contributed by atoms with Crippen LogP contribution < -0.4 is 0 Å². The van der Waals surface area contributed by atoms with E-state index in [-0.39, 0.29) is 0 Å². The van der Waals surface area contributed by atoms with E-state index >= 15 is 0 Å². The zero-order valence-electron chi connectivity index (χ0n) is 37.3. The van der Waals surface area contributed by atoms with Crippen molar-refractivity contribution < 1.29 is 0 Å². The van der Waals surface area contributed by atoms with Crippen LogP contribution in [0.15, 0.2) is 243 Å². The number of fused-ring (bicyclic) bond motifs is 9. The predicted octanol–water partition coefficient (Wildman–Crippen LogP) is 15.8. The van der Waals surface area contributed by atoms with Gasteiger partial charge >= 0.3 is 0 Å². The molecule has 0 radical (unpaired) electrons. The third-order valence-electron chi connectivity index (χ3n) is 13.7. The molecular weight excluding hydrogens is 841 g/mol. The molecule has 69 heavy (non-hydrogen) atoms. The van der Waals surface area contributed by atoms with E-state index in [0.717, 1.165) is 94.0 Å². The summed E-state index contributed by atoms with van der Waals surface area (Å²) in [5.74, 6) is 1.69. The number of nitrogens with zero attached hydrogens (tertiary/aromatic N) is 6. The van der Waals surface area contributed by atoms with E-state index in [9.17, 15) is 0 Å². The highest BCUT2D eigenvalue weighted by Crippen LogP contribution is 2.41. The highest BCUT2D eigenvalue weighted by molar-refractivity contribution is 6.12. The molecule has 14 rings (SSSR count). The van der Waals surface area contributed by atoms with Crippen LogP contribution in [-0.2, 0) is 0 Å². The Morgan fingerprint density at radius 2 is 0.623 bits per heavy atom. The van der Waals surface area contributed by atoms with Crippen molar-refractivity contribution in [1.29, 1.82) is 0 Å². The van der Waals surface area contributed by atoms with Crippen LogP contribution in [-0.4, -0.2) is 28.7 Å². The van der Waals surface area contributed by atoms with E-state index in [1.54, 1.807) is 0 Å². The molecule has 0 unspecified atom stereocenters. The fourth-order valence-corrected chi connectivity index (χ4v) is 10.6. The van der Waals surface area contributed by atoms with Crippen LogP contribution in [0.2, 0.25) is 0 Å². The van der Waals surface area contributed by atoms with Gasteiger partial charge in [0.1, 0.15) is 0 Å². The molecule has 0 aliphatic rings. The Kier molecular flexibility index (Phi) is 8.79. The van der Waals surface area contributed by atoms with Crippen LogP contribution in [0.5, 0.6) is 0 Å². The van der Waals surface area contributed by atoms with Gasteiger partial charge in [-0.05, 0) is 71.3 Å². The van der Waals surface area contributed by atoms with Crippen molar-refractivity contribution in [1.82, 2.24) is 28.7 Å². The van der Waals surface area contributed by atoms with Crippen LogP contribution in [0.4, 0.5) is 0 Å². The second kappa shape index (κ2) is 15.6. The van der Waals surface area contributed by atoms with Crippen molar-refractivity contribution in [3.63, 3.8) is 0 Å². The van der Waals surface area contributed by atoms with Crippen molar-refractivity contribution in [3.05, 3.63) is 243 Å². The summed E-state index contributed by atoms with van der Waals surface area (Å²) < 4.78 is 6.97. The second-order valence-corrected chi connectivity index (χ2v) is 17.6. The Bertz CT molecular complexity index is 4260. The van der Waals surface area contributed by atoms with Gasteiger partial charge in [-0.15, -0.1) is 0 Å². The summed E-state index contributed by atoms with van der Waals surface area (Å²) in [6.07, 6.45) is 0. The van der Waals surface area contributed by atoms with Gasteiger partial charge in [-0.25, -0.2) is 4.98 Å². The van der Waals surface area contributed by atoms with E-state index < -0.39 is 0 Å². The molecule has 14 aromatic rings. The number of benzene rings is 10. The van der Waals surface area contributed by atoms with Crippen LogP contribution in [0, 0.1) is 0 Å². The lowest BCUT2D eigenvalue weighted by Crippen LogP contribution is -2.08. The minimum atomic E-state index is 0.540. The fourth-order valence-electron chi connectivity index (χ4n) is 10.6. The van der Waals surface area contributed by atoms with E-state index in [4.69, 9.17) is 15.0 Å². The first-order chi connectivity index (χ1) is 34.2. The minimum absolute atomic E-state index is 0.540. The monoisotopic (exact) mass is 880 g/mol. The highest BCUT2D eigenvalue weighted by atomic mass is 15.2. The standard InChI is InChI=1S/C63H40N6/c1-3-19-41(20-4-1)43-35-37-51-49-27-11-17-33-57(49)69(60(51)39-43)63-65-61(64-62(66-63)52-28-12-18-34-58(52)67-54-30-14-8-24-46(54)47-25-9-15-31-55(47)67)44-36-38-50-48-26-10-16-32-56(48)68(59(50)40-44)53-29-13-7-23-45(53)42-21-5-2-6-22-42/h1-40H. The average molecular weight is 881 g/mol. The van der Waals surface area contributed by atoms with Gasteiger partial charge in [0.25, 0.3) is 0 Å².